The monoisotopic (exact) mass is 746 g/mol. The summed E-state index contributed by atoms with van der Waals surface area (Å²) in [6.07, 6.45) is 23.9. The number of nitrogens with one attached hydrogen (secondary N) is 1. The van der Waals surface area contributed by atoms with Crippen LogP contribution < -0.4 is 5.32 Å². The zero-order chi connectivity index (χ0) is 38.2. The molecule has 0 bridgehead atoms. The van der Waals surface area contributed by atoms with Crippen LogP contribution in [0.25, 0.3) is 0 Å². The average Bonchev–Trinajstić information content (AvgIpc) is 3.14. The van der Waals surface area contributed by atoms with Crippen molar-refractivity contribution in [2.24, 2.45) is 0 Å². The minimum Gasteiger partial charge on any atom is -0.394 e. The summed E-state index contributed by atoms with van der Waals surface area (Å²) < 4.78 is 11.1. The summed E-state index contributed by atoms with van der Waals surface area (Å²) in [5.41, 5.74) is 0. The Morgan fingerprint density at radius 2 is 1.00 bits per heavy atom. The van der Waals surface area contributed by atoms with Crippen molar-refractivity contribution in [3.8, 4) is 0 Å². The fourth-order valence-electron chi connectivity index (χ4n) is 7.20. The van der Waals surface area contributed by atoms with Gasteiger partial charge in [0.25, 0.3) is 0 Å². The van der Waals surface area contributed by atoms with Crippen molar-refractivity contribution in [3.63, 3.8) is 0 Å². The Bertz CT molecular complexity index is 803. The number of rotatable bonds is 36. The lowest BCUT2D eigenvalue weighted by atomic mass is 9.98. The number of unbranched alkanes of at least 4 members (excludes halogenated alkanes) is 25. The maximum atomic E-state index is 12.9. The van der Waals surface area contributed by atoms with E-state index in [0.717, 1.165) is 44.9 Å². The van der Waals surface area contributed by atoms with Crippen LogP contribution >= 0.6 is 0 Å². The van der Waals surface area contributed by atoms with Crippen LogP contribution in [-0.4, -0.2) is 98.7 Å². The molecule has 1 heterocycles. The van der Waals surface area contributed by atoms with E-state index in [0.29, 0.717) is 6.42 Å². The molecule has 1 fully saturated rings. The molecule has 1 rings (SSSR count). The maximum Gasteiger partial charge on any atom is 0.220 e. The summed E-state index contributed by atoms with van der Waals surface area (Å²) in [6, 6.07) is -0.983. The fourth-order valence-corrected chi connectivity index (χ4v) is 7.20. The van der Waals surface area contributed by atoms with Crippen molar-refractivity contribution in [1.82, 2.24) is 5.32 Å². The van der Waals surface area contributed by atoms with Crippen molar-refractivity contribution in [3.05, 3.63) is 0 Å². The van der Waals surface area contributed by atoms with Crippen LogP contribution in [0.4, 0.5) is 0 Å². The smallest absolute Gasteiger partial charge is 0.220 e. The minimum atomic E-state index is -1.60. The molecule has 0 aromatic heterocycles. The zero-order valence-electron chi connectivity index (χ0n) is 33.4. The Morgan fingerprint density at radius 1 is 0.596 bits per heavy atom. The highest BCUT2D eigenvalue weighted by atomic mass is 16.7. The van der Waals surface area contributed by atoms with Crippen molar-refractivity contribution in [1.29, 1.82) is 0 Å². The van der Waals surface area contributed by atoms with Crippen molar-refractivity contribution >= 4 is 5.91 Å². The molecule has 0 saturated carbocycles. The lowest BCUT2D eigenvalue weighted by Gasteiger charge is -2.40. The summed E-state index contributed by atoms with van der Waals surface area (Å²) in [6.45, 7) is 3.59. The standard InChI is InChI=1S/C42H83NO9/c1-3-5-7-9-11-13-15-16-17-18-19-21-22-24-26-28-30-35(45)38(47)34(33-51-42-41(50)40(49)39(48)36(32-44)52-42)43-37(46)31-29-27-25-23-20-14-12-10-8-6-4-2/h34-36,38-42,44-45,47-50H,3-33H2,1-2H3,(H,43,46)/t34-,35+,36+,38-,39+,40?,41?,42+/m0/s1. The second-order valence-electron chi connectivity index (χ2n) is 15.6. The molecule has 1 amide bonds. The highest BCUT2D eigenvalue weighted by Crippen LogP contribution is 2.23. The zero-order valence-corrected chi connectivity index (χ0v) is 33.4. The van der Waals surface area contributed by atoms with E-state index in [1.807, 2.05) is 0 Å². The number of amides is 1. The van der Waals surface area contributed by atoms with Crippen molar-refractivity contribution in [2.75, 3.05) is 13.2 Å². The molecule has 0 aromatic rings. The SMILES string of the molecule is CCCCCCCCCCCCCCCCCC[C@@H](O)[C@@H](O)[C@H](CO[C@@H]1O[C@H](CO)[C@@H](O)C(O)C1O)NC(=O)CCCCCCCCCCCCC. The molecule has 0 aliphatic carbocycles. The second-order valence-corrected chi connectivity index (χ2v) is 15.6. The van der Waals surface area contributed by atoms with Gasteiger partial charge >= 0.3 is 0 Å². The number of carbonyl (C=O) groups is 1. The third-order valence-electron chi connectivity index (χ3n) is 10.8. The maximum absolute atomic E-state index is 12.9. The van der Waals surface area contributed by atoms with Crippen molar-refractivity contribution < 1.29 is 44.9 Å². The van der Waals surface area contributed by atoms with Gasteiger partial charge in [-0.1, -0.05) is 181 Å². The summed E-state index contributed by atoms with van der Waals surface area (Å²) in [5.74, 6) is -0.257. The van der Waals surface area contributed by atoms with Gasteiger partial charge in [-0.3, -0.25) is 4.79 Å². The first kappa shape index (κ1) is 49.2. The predicted octanol–water partition coefficient (Wildman–Crippen LogP) is 7.36. The molecular formula is C42H83NO9. The van der Waals surface area contributed by atoms with Crippen LogP contribution in [0, 0.1) is 0 Å². The second kappa shape index (κ2) is 33.5. The fraction of sp³-hybridized carbons (Fsp3) is 0.976. The lowest BCUT2D eigenvalue weighted by molar-refractivity contribution is -0.303. The molecular weight excluding hydrogens is 662 g/mol. The lowest BCUT2D eigenvalue weighted by Crippen LogP contribution is -2.60. The first-order valence-corrected chi connectivity index (χ1v) is 21.8. The molecule has 10 heteroatoms. The van der Waals surface area contributed by atoms with Crippen LogP contribution in [0.5, 0.6) is 0 Å². The first-order chi connectivity index (χ1) is 25.3. The van der Waals surface area contributed by atoms with E-state index in [1.165, 1.54) is 128 Å². The molecule has 1 saturated heterocycles. The molecule has 52 heavy (non-hydrogen) atoms. The molecule has 310 valence electrons. The van der Waals surface area contributed by atoms with Crippen molar-refractivity contribution in [2.45, 2.75) is 249 Å². The quantitative estimate of drug-likeness (QED) is 0.0324. The van der Waals surface area contributed by atoms with E-state index < -0.39 is 55.6 Å². The van der Waals surface area contributed by atoms with Gasteiger partial charge in [-0.15, -0.1) is 0 Å². The van der Waals surface area contributed by atoms with Gasteiger partial charge in [-0.2, -0.15) is 0 Å². The Hall–Kier alpha value is -0.850. The number of carbonyl (C=O) groups excluding carboxylic acids is 1. The molecule has 1 aliphatic heterocycles. The Labute approximate surface area is 317 Å². The molecule has 2 unspecified atom stereocenters. The van der Waals surface area contributed by atoms with Crippen LogP contribution in [0.1, 0.15) is 200 Å². The third-order valence-corrected chi connectivity index (χ3v) is 10.8. The topological polar surface area (TPSA) is 169 Å². The Morgan fingerprint density at radius 3 is 1.42 bits per heavy atom. The van der Waals surface area contributed by atoms with E-state index >= 15 is 0 Å². The molecule has 10 nitrogen and oxygen atoms in total. The number of aliphatic hydroxyl groups excluding tert-OH is 6. The van der Waals surface area contributed by atoms with Gasteiger partial charge in [0, 0.05) is 6.42 Å². The van der Waals surface area contributed by atoms with E-state index in [1.54, 1.807) is 0 Å². The molecule has 8 atom stereocenters. The number of aliphatic hydroxyl groups is 6. The molecule has 0 radical (unpaired) electrons. The van der Waals surface area contributed by atoms with Gasteiger partial charge in [0.2, 0.25) is 5.91 Å². The molecule has 0 aromatic carbocycles. The number of ether oxygens (including phenoxy) is 2. The van der Waals surface area contributed by atoms with E-state index in [-0.39, 0.29) is 18.9 Å². The van der Waals surface area contributed by atoms with Crippen LogP contribution in [0.3, 0.4) is 0 Å². The number of hydrogen-bond donors (Lipinski definition) is 7. The summed E-state index contributed by atoms with van der Waals surface area (Å²) in [5, 5.41) is 65.0. The van der Waals surface area contributed by atoms with Gasteiger partial charge in [-0.25, -0.2) is 0 Å². The largest absolute Gasteiger partial charge is 0.394 e. The normalized spacial score (nSPS) is 22.3. The molecule has 0 spiro atoms. The summed E-state index contributed by atoms with van der Waals surface area (Å²) in [4.78, 5) is 12.9. The van der Waals surface area contributed by atoms with Gasteiger partial charge < -0.3 is 45.4 Å². The molecule has 7 N–H and O–H groups in total. The average molecular weight is 746 g/mol. The highest BCUT2D eigenvalue weighted by Gasteiger charge is 2.44. The van der Waals surface area contributed by atoms with Crippen LogP contribution in [0.15, 0.2) is 0 Å². The van der Waals surface area contributed by atoms with E-state index in [2.05, 4.69) is 19.2 Å². The minimum absolute atomic E-state index is 0.257. The van der Waals surface area contributed by atoms with Gasteiger partial charge in [-0.05, 0) is 12.8 Å². The summed E-state index contributed by atoms with van der Waals surface area (Å²) in [7, 11) is 0. The summed E-state index contributed by atoms with van der Waals surface area (Å²) >= 11 is 0. The Kier molecular flexibility index (Phi) is 31.7. The first-order valence-electron chi connectivity index (χ1n) is 21.8. The van der Waals surface area contributed by atoms with E-state index in [9.17, 15) is 35.4 Å². The van der Waals surface area contributed by atoms with Gasteiger partial charge in [0.15, 0.2) is 6.29 Å². The Balaban J connectivity index is 2.41. The predicted molar refractivity (Wildman–Crippen MR) is 209 cm³/mol. The molecule has 1 aliphatic rings. The number of hydrogen-bond acceptors (Lipinski definition) is 9. The highest BCUT2D eigenvalue weighted by molar-refractivity contribution is 5.76. The van der Waals surface area contributed by atoms with Crippen LogP contribution in [0.2, 0.25) is 0 Å². The van der Waals surface area contributed by atoms with E-state index in [4.69, 9.17) is 9.47 Å². The third kappa shape index (κ3) is 23.8. The van der Waals surface area contributed by atoms with Gasteiger partial charge in [0.1, 0.15) is 30.5 Å². The van der Waals surface area contributed by atoms with Gasteiger partial charge in [0.05, 0.1) is 25.4 Å². The van der Waals surface area contributed by atoms with Crippen LogP contribution in [-0.2, 0) is 14.3 Å².